The van der Waals surface area contributed by atoms with E-state index in [2.05, 4.69) is 37.9 Å². The summed E-state index contributed by atoms with van der Waals surface area (Å²) in [6.07, 6.45) is 1.51. The summed E-state index contributed by atoms with van der Waals surface area (Å²) in [7, 11) is 0. The number of benzene rings is 2. The summed E-state index contributed by atoms with van der Waals surface area (Å²) in [5.74, 6) is 0.308. The van der Waals surface area contributed by atoms with Crippen molar-refractivity contribution in [2.24, 2.45) is 0 Å². The van der Waals surface area contributed by atoms with E-state index in [0.717, 1.165) is 11.3 Å². The Morgan fingerprint density at radius 3 is 2.44 bits per heavy atom. The predicted molar refractivity (Wildman–Crippen MR) is 135 cm³/mol. The van der Waals surface area contributed by atoms with Crippen LogP contribution in [-0.4, -0.2) is 22.1 Å². The molecule has 0 unspecified atom stereocenters. The SMILES string of the molecule is Cc1c(C(=O)OCc2ccccc2)sc2ncn(CCOc3ccc(C(C)(C)C)cc3)c(=O)c12. The van der Waals surface area contributed by atoms with Gasteiger partial charge < -0.3 is 9.47 Å². The lowest BCUT2D eigenvalue weighted by molar-refractivity contribution is 0.0478. The Labute approximate surface area is 202 Å². The average Bonchev–Trinajstić information content (AvgIpc) is 3.16. The summed E-state index contributed by atoms with van der Waals surface area (Å²) < 4.78 is 12.8. The van der Waals surface area contributed by atoms with Gasteiger partial charge >= 0.3 is 5.97 Å². The highest BCUT2D eigenvalue weighted by Gasteiger charge is 2.21. The van der Waals surface area contributed by atoms with Crippen LogP contribution in [0.4, 0.5) is 0 Å². The van der Waals surface area contributed by atoms with Crippen LogP contribution in [0.15, 0.2) is 65.7 Å². The van der Waals surface area contributed by atoms with Crippen LogP contribution in [0.25, 0.3) is 10.2 Å². The zero-order chi connectivity index (χ0) is 24.3. The molecule has 0 fully saturated rings. The van der Waals surface area contributed by atoms with E-state index in [9.17, 15) is 9.59 Å². The van der Waals surface area contributed by atoms with E-state index in [1.165, 1.54) is 27.8 Å². The van der Waals surface area contributed by atoms with Crippen LogP contribution in [0.5, 0.6) is 5.75 Å². The second-order valence-electron chi connectivity index (χ2n) is 9.16. The lowest BCUT2D eigenvalue weighted by Gasteiger charge is -2.19. The van der Waals surface area contributed by atoms with Crippen LogP contribution in [0.2, 0.25) is 0 Å². The van der Waals surface area contributed by atoms with Crippen molar-refractivity contribution in [2.75, 3.05) is 6.61 Å². The van der Waals surface area contributed by atoms with E-state index < -0.39 is 5.97 Å². The Kier molecular flexibility index (Phi) is 6.84. The average molecular weight is 477 g/mol. The van der Waals surface area contributed by atoms with Crippen LogP contribution in [0.1, 0.15) is 47.1 Å². The molecule has 176 valence electrons. The first-order chi connectivity index (χ1) is 16.2. The summed E-state index contributed by atoms with van der Waals surface area (Å²) in [5.41, 5.74) is 2.63. The monoisotopic (exact) mass is 476 g/mol. The molecule has 0 aliphatic carbocycles. The first-order valence-corrected chi connectivity index (χ1v) is 12.0. The normalized spacial score (nSPS) is 11.5. The molecule has 0 N–H and O–H groups in total. The Morgan fingerprint density at radius 2 is 1.76 bits per heavy atom. The number of esters is 1. The standard InChI is InChI=1S/C27H28N2O4S/c1-18-22-24(34-23(18)26(31)33-16-19-8-6-5-7-9-19)28-17-29(25(22)30)14-15-32-21-12-10-20(11-13-21)27(2,3)4/h5-13,17H,14-16H2,1-4H3. The first-order valence-electron chi connectivity index (χ1n) is 11.2. The van der Waals surface area contributed by atoms with Gasteiger partial charge in [-0.1, -0.05) is 63.2 Å². The van der Waals surface area contributed by atoms with Gasteiger partial charge in [0.2, 0.25) is 0 Å². The molecular formula is C27H28N2O4S. The van der Waals surface area contributed by atoms with Crippen molar-refractivity contribution in [1.82, 2.24) is 9.55 Å². The number of fused-ring (bicyclic) bond motifs is 1. The van der Waals surface area contributed by atoms with Crippen molar-refractivity contribution < 1.29 is 14.3 Å². The molecule has 0 amide bonds. The minimum atomic E-state index is -0.447. The molecule has 4 rings (SSSR count). The fraction of sp³-hybridized carbons (Fsp3) is 0.296. The van der Waals surface area contributed by atoms with Gasteiger partial charge in [0.15, 0.2) is 0 Å². The lowest BCUT2D eigenvalue weighted by atomic mass is 9.87. The van der Waals surface area contributed by atoms with Gasteiger partial charge in [0.1, 0.15) is 28.7 Å². The van der Waals surface area contributed by atoms with Crippen molar-refractivity contribution in [3.63, 3.8) is 0 Å². The number of carbonyl (C=O) groups excluding carboxylic acids is 1. The highest BCUT2D eigenvalue weighted by molar-refractivity contribution is 7.20. The Morgan fingerprint density at radius 1 is 1.06 bits per heavy atom. The number of aryl methyl sites for hydroxylation is 1. The lowest BCUT2D eigenvalue weighted by Crippen LogP contribution is -2.23. The minimum absolute atomic E-state index is 0.0815. The molecule has 4 aromatic rings. The van der Waals surface area contributed by atoms with Gasteiger partial charge in [-0.2, -0.15) is 0 Å². The van der Waals surface area contributed by atoms with E-state index in [4.69, 9.17) is 9.47 Å². The second-order valence-corrected chi connectivity index (χ2v) is 10.2. The number of rotatable bonds is 7. The topological polar surface area (TPSA) is 70.4 Å². The van der Waals surface area contributed by atoms with E-state index in [1.807, 2.05) is 42.5 Å². The highest BCUT2D eigenvalue weighted by atomic mass is 32.1. The molecule has 34 heavy (non-hydrogen) atoms. The van der Waals surface area contributed by atoms with Crippen LogP contribution >= 0.6 is 11.3 Å². The number of aromatic nitrogens is 2. The third-order valence-corrected chi connectivity index (χ3v) is 6.82. The molecule has 2 aromatic heterocycles. The summed E-state index contributed by atoms with van der Waals surface area (Å²) in [5, 5.41) is 0.452. The van der Waals surface area contributed by atoms with Gasteiger partial charge in [-0.15, -0.1) is 11.3 Å². The maximum Gasteiger partial charge on any atom is 0.349 e. The number of hydrogen-bond donors (Lipinski definition) is 0. The van der Waals surface area contributed by atoms with E-state index >= 15 is 0 Å². The van der Waals surface area contributed by atoms with Gasteiger partial charge in [-0.3, -0.25) is 9.36 Å². The summed E-state index contributed by atoms with van der Waals surface area (Å²) in [6.45, 7) is 9.12. The fourth-order valence-electron chi connectivity index (χ4n) is 3.61. The summed E-state index contributed by atoms with van der Waals surface area (Å²) >= 11 is 1.18. The zero-order valence-corrected chi connectivity index (χ0v) is 20.6. The number of carbonyl (C=O) groups is 1. The van der Waals surface area contributed by atoms with Gasteiger partial charge in [-0.05, 0) is 41.2 Å². The molecule has 2 aromatic carbocycles. The van der Waals surface area contributed by atoms with Crippen molar-refractivity contribution >= 4 is 27.5 Å². The van der Waals surface area contributed by atoms with Crippen LogP contribution in [0.3, 0.4) is 0 Å². The number of nitrogens with zero attached hydrogens (tertiary/aromatic N) is 2. The molecule has 2 heterocycles. The maximum absolute atomic E-state index is 13.1. The molecule has 0 saturated carbocycles. The third-order valence-electron chi connectivity index (χ3n) is 5.64. The van der Waals surface area contributed by atoms with Crippen molar-refractivity contribution in [3.8, 4) is 5.75 Å². The van der Waals surface area contributed by atoms with Crippen molar-refractivity contribution in [2.45, 2.75) is 46.3 Å². The number of ether oxygens (including phenoxy) is 2. The zero-order valence-electron chi connectivity index (χ0n) is 19.8. The van der Waals surface area contributed by atoms with Crippen molar-refractivity contribution in [1.29, 1.82) is 0 Å². The molecule has 0 aliphatic rings. The molecule has 0 radical (unpaired) electrons. The molecular weight excluding hydrogens is 448 g/mol. The maximum atomic E-state index is 13.1. The molecule has 0 atom stereocenters. The smallest absolute Gasteiger partial charge is 0.349 e. The Hall–Kier alpha value is -3.45. The third kappa shape index (κ3) is 5.20. The molecule has 0 bridgehead atoms. The van der Waals surface area contributed by atoms with Gasteiger partial charge in [0, 0.05) is 0 Å². The van der Waals surface area contributed by atoms with Gasteiger partial charge in [0.05, 0.1) is 18.3 Å². The summed E-state index contributed by atoms with van der Waals surface area (Å²) in [6, 6.07) is 17.5. The molecule has 6 nitrogen and oxygen atoms in total. The summed E-state index contributed by atoms with van der Waals surface area (Å²) in [4.78, 5) is 31.1. The van der Waals surface area contributed by atoms with E-state index in [-0.39, 0.29) is 17.6 Å². The molecule has 0 aliphatic heterocycles. The molecule has 0 spiro atoms. The van der Waals surface area contributed by atoms with Crippen LogP contribution in [0, 0.1) is 6.92 Å². The van der Waals surface area contributed by atoms with Crippen LogP contribution in [-0.2, 0) is 23.3 Å². The number of hydrogen-bond acceptors (Lipinski definition) is 6. The van der Waals surface area contributed by atoms with Crippen LogP contribution < -0.4 is 10.3 Å². The Balaban J connectivity index is 1.44. The Bertz CT molecular complexity index is 1350. The van der Waals surface area contributed by atoms with Gasteiger partial charge in [0.25, 0.3) is 5.56 Å². The molecule has 7 heteroatoms. The largest absolute Gasteiger partial charge is 0.492 e. The highest BCUT2D eigenvalue weighted by Crippen LogP contribution is 2.28. The van der Waals surface area contributed by atoms with Crippen molar-refractivity contribution in [3.05, 3.63) is 92.8 Å². The minimum Gasteiger partial charge on any atom is -0.492 e. The van der Waals surface area contributed by atoms with Gasteiger partial charge in [-0.25, -0.2) is 9.78 Å². The van der Waals surface area contributed by atoms with E-state index in [1.54, 1.807) is 6.92 Å². The fourth-order valence-corrected chi connectivity index (χ4v) is 4.65. The molecule has 0 saturated heterocycles. The van der Waals surface area contributed by atoms with E-state index in [0.29, 0.717) is 33.8 Å². The first kappa shape index (κ1) is 23.7. The predicted octanol–water partition coefficient (Wildman–Crippen LogP) is 5.50. The quantitative estimate of drug-likeness (QED) is 0.330. The number of thiophene rings is 1. The second kappa shape index (κ2) is 9.81.